The Hall–Kier alpha value is -4.19. The van der Waals surface area contributed by atoms with E-state index in [1.807, 2.05) is 65.4 Å². The molecule has 1 saturated heterocycles. The van der Waals surface area contributed by atoms with Crippen LogP contribution in [-0.4, -0.2) is 61.2 Å². The molecular formula is C37H38F3N3O3S2. The van der Waals surface area contributed by atoms with Gasteiger partial charge in [0, 0.05) is 48.2 Å². The average molecular weight is 694 g/mol. The van der Waals surface area contributed by atoms with E-state index in [4.69, 9.17) is 5.11 Å². The van der Waals surface area contributed by atoms with Crippen LogP contribution in [0, 0.1) is 0 Å². The molecule has 3 heterocycles. The standard InChI is InChI=1S/C24H28F3N3OS2.C13H10O2/c25-24(26,27)18-7-8-19-20(17-33-22(19)16-18)30-13-11-29(12-14-30)10-4-2-1-3-9-28-23(31)21-6-5-15-32-21;14-13(15)12-8-6-11(7-9-12)10-4-2-1-3-5-10/h5-8,15-17H,1-4,9-14H2,(H,28,31);1-9H,(H,14,15). The van der Waals surface area contributed by atoms with Gasteiger partial charge in [0.05, 0.1) is 21.7 Å². The Labute approximate surface area is 286 Å². The zero-order valence-corrected chi connectivity index (χ0v) is 28.1. The predicted molar refractivity (Wildman–Crippen MR) is 189 cm³/mol. The highest BCUT2D eigenvalue weighted by molar-refractivity contribution is 7.17. The number of hydrogen-bond acceptors (Lipinski definition) is 6. The lowest BCUT2D eigenvalue weighted by molar-refractivity contribution is -0.137. The van der Waals surface area contributed by atoms with E-state index < -0.39 is 17.7 Å². The monoisotopic (exact) mass is 693 g/mol. The average Bonchev–Trinajstić information content (AvgIpc) is 3.79. The second-order valence-electron chi connectivity index (χ2n) is 11.6. The number of hydrogen-bond donors (Lipinski definition) is 2. The van der Waals surface area contributed by atoms with E-state index in [0.717, 1.165) is 85.5 Å². The minimum Gasteiger partial charge on any atom is -0.478 e. The number of thiophene rings is 2. The summed E-state index contributed by atoms with van der Waals surface area (Å²) >= 11 is 2.84. The van der Waals surface area contributed by atoms with Crippen molar-refractivity contribution in [3.63, 3.8) is 0 Å². The van der Waals surface area contributed by atoms with Gasteiger partial charge in [0.25, 0.3) is 5.91 Å². The van der Waals surface area contributed by atoms with E-state index >= 15 is 0 Å². The van der Waals surface area contributed by atoms with Gasteiger partial charge < -0.3 is 15.3 Å². The molecule has 1 fully saturated rings. The second-order valence-corrected chi connectivity index (χ2v) is 13.4. The lowest BCUT2D eigenvalue weighted by atomic mass is 10.0. The highest BCUT2D eigenvalue weighted by atomic mass is 32.1. The van der Waals surface area contributed by atoms with Crippen molar-refractivity contribution in [1.29, 1.82) is 0 Å². The molecule has 1 amide bonds. The summed E-state index contributed by atoms with van der Waals surface area (Å²) < 4.78 is 39.6. The predicted octanol–water partition coefficient (Wildman–Crippen LogP) is 9.15. The van der Waals surface area contributed by atoms with Gasteiger partial charge in [0.2, 0.25) is 0 Å². The third kappa shape index (κ3) is 9.68. The van der Waals surface area contributed by atoms with Gasteiger partial charge in [0.15, 0.2) is 0 Å². The molecule has 2 N–H and O–H groups in total. The fraction of sp³-hybridized carbons (Fsp3) is 0.297. The number of fused-ring (bicyclic) bond motifs is 1. The number of anilines is 1. The summed E-state index contributed by atoms with van der Waals surface area (Å²) in [5.74, 6) is -0.878. The second kappa shape index (κ2) is 16.8. The van der Waals surface area contributed by atoms with Gasteiger partial charge in [-0.3, -0.25) is 9.69 Å². The fourth-order valence-corrected chi connectivity index (χ4v) is 7.24. The number of nitrogens with one attached hydrogen (secondary N) is 1. The van der Waals surface area contributed by atoms with Crippen LogP contribution >= 0.6 is 22.7 Å². The van der Waals surface area contributed by atoms with Crippen LogP contribution < -0.4 is 10.2 Å². The van der Waals surface area contributed by atoms with Crippen LogP contribution in [0.3, 0.4) is 0 Å². The SMILES string of the molecule is O=C(NCCCCCCN1CCN(c2csc3cc(C(F)(F)F)ccc23)CC1)c1cccs1.O=C(O)c1ccc(-c2ccccc2)cc1. The van der Waals surface area contributed by atoms with Crippen LogP contribution in [0.2, 0.25) is 0 Å². The largest absolute Gasteiger partial charge is 0.478 e. The molecule has 5 aromatic rings. The maximum atomic E-state index is 13.0. The molecule has 11 heteroatoms. The molecule has 6 rings (SSSR count). The lowest BCUT2D eigenvalue weighted by Gasteiger charge is -2.36. The van der Waals surface area contributed by atoms with Crippen LogP contribution in [0.4, 0.5) is 18.9 Å². The van der Waals surface area contributed by atoms with E-state index in [0.29, 0.717) is 16.8 Å². The van der Waals surface area contributed by atoms with Crippen molar-refractivity contribution < 1.29 is 27.9 Å². The molecule has 0 spiro atoms. The number of aromatic carboxylic acids is 1. The number of unbranched alkanes of at least 4 members (excludes halogenated alkanes) is 3. The normalized spacial score (nSPS) is 13.6. The lowest BCUT2D eigenvalue weighted by Crippen LogP contribution is -2.46. The molecule has 0 unspecified atom stereocenters. The molecule has 2 aromatic heterocycles. The minimum atomic E-state index is -4.30. The number of carbonyl (C=O) groups excluding carboxylic acids is 1. The summed E-state index contributed by atoms with van der Waals surface area (Å²) in [6.07, 6.45) is 0.0754. The Balaban J connectivity index is 0.000000250. The first-order valence-corrected chi connectivity index (χ1v) is 17.7. The van der Waals surface area contributed by atoms with Crippen molar-refractivity contribution in [3.05, 3.63) is 112 Å². The summed E-state index contributed by atoms with van der Waals surface area (Å²) in [6.45, 7) is 5.50. The van der Waals surface area contributed by atoms with E-state index in [1.165, 1.54) is 34.8 Å². The number of halogens is 3. The number of carboxylic acids is 1. The van der Waals surface area contributed by atoms with Crippen molar-refractivity contribution in [2.45, 2.75) is 31.9 Å². The van der Waals surface area contributed by atoms with Gasteiger partial charge in [-0.05, 0) is 66.2 Å². The van der Waals surface area contributed by atoms with Gasteiger partial charge in [-0.1, -0.05) is 67.4 Å². The highest BCUT2D eigenvalue weighted by Gasteiger charge is 2.31. The number of benzene rings is 3. The number of rotatable bonds is 11. The number of carboxylic acid groups (broad SMARTS) is 1. The number of amides is 1. The van der Waals surface area contributed by atoms with Crippen LogP contribution in [0.25, 0.3) is 21.2 Å². The molecule has 6 nitrogen and oxygen atoms in total. The molecule has 48 heavy (non-hydrogen) atoms. The number of piperazine rings is 1. The Morgan fingerprint density at radius 1 is 0.792 bits per heavy atom. The van der Waals surface area contributed by atoms with E-state index in [9.17, 15) is 22.8 Å². The van der Waals surface area contributed by atoms with Crippen LogP contribution in [0.15, 0.2) is 95.7 Å². The summed E-state index contributed by atoms with van der Waals surface area (Å²) in [5, 5.41) is 16.5. The first-order valence-electron chi connectivity index (χ1n) is 16.0. The van der Waals surface area contributed by atoms with Crippen molar-refractivity contribution in [1.82, 2.24) is 10.2 Å². The zero-order chi connectivity index (χ0) is 33.9. The smallest absolute Gasteiger partial charge is 0.416 e. The first kappa shape index (κ1) is 35.1. The van der Waals surface area contributed by atoms with E-state index in [-0.39, 0.29) is 5.91 Å². The molecule has 0 bridgehead atoms. The van der Waals surface area contributed by atoms with Crippen LogP contribution in [-0.2, 0) is 6.18 Å². The van der Waals surface area contributed by atoms with Gasteiger partial charge in [-0.25, -0.2) is 4.79 Å². The Bertz CT molecular complexity index is 1750. The van der Waals surface area contributed by atoms with Gasteiger partial charge >= 0.3 is 12.1 Å². The van der Waals surface area contributed by atoms with Crippen molar-refractivity contribution in [3.8, 4) is 11.1 Å². The molecule has 0 radical (unpaired) electrons. The van der Waals surface area contributed by atoms with Gasteiger partial charge in [-0.15, -0.1) is 22.7 Å². The quantitative estimate of drug-likeness (QED) is 0.135. The zero-order valence-electron chi connectivity index (χ0n) is 26.4. The summed E-state index contributed by atoms with van der Waals surface area (Å²) in [5.41, 5.74) is 2.90. The van der Waals surface area contributed by atoms with E-state index in [1.54, 1.807) is 18.2 Å². The molecule has 0 atom stereocenters. The Morgan fingerprint density at radius 2 is 1.50 bits per heavy atom. The number of alkyl halides is 3. The van der Waals surface area contributed by atoms with E-state index in [2.05, 4.69) is 15.1 Å². The molecule has 252 valence electrons. The summed E-state index contributed by atoms with van der Waals surface area (Å²) in [6, 6.07) is 24.5. The molecule has 1 aliphatic heterocycles. The third-order valence-corrected chi connectivity index (χ3v) is 10.1. The summed E-state index contributed by atoms with van der Waals surface area (Å²) in [7, 11) is 0. The Morgan fingerprint density at radius 3 is 2.17 bits per heavy atom. The van der Waals surface area contributed by atoms with Gasteiger partial charge in [0.1, 0.15) is 0 Å². The highest BCUT2D eigenvalue weighted by Crippen LogP contribution is 2.38. The van der Waals surface area contributed by atoms with Crippen LogP contribution in [0.5, 0.6) is 0 Å². The fourth-order valence-electron chi connectivity index (χ4n) is 5.59. The molecule has 0 saturated carbocycles. The maximum Gasteiger partial charge on any atom is 0.416 e. The minimum absolute atomic E-state index is 0.0158. The Kier molecular flexibility index (Phi) is 12.3. The number of carbonyl (C=O) groups is 2. The van der Waals surface area contributed by atoms with Crippen molar-refractivity contribution >= 4 is 50.3 Å². The van der Waals surface area contributed by atoms with Crippen molar-refractivity contribution in [2.75, 3.05) is 44.2 Å². The topological polar surface area (TPSA) is 72.9 Å². The summed E-state index contributed by atoms with van der Waals surface area (Å²) in [4.78, 5) is 28.0. The molecular weight excluding hydrogens is 656 g/mol. The third-order valence-electron chi connectivity index (χ3n) is 8.27. The molecule has 0 aliphatic carbocycles. The maximum absolute atomic E-state index is 13.0. The molecule has 1 aliphatic rings. The number of nitrogens with zero attached hydrogens (tertiary/aromatic N) is 2. The van der Waals surface area contributed by atoms with Crippen LogP contribution in [0.1, 0.15) is 51.3 Å². The van der Waals surface area contributed by atoms with Crippen molar-refractivity contribution in [2.24, 2.45) is 0 Å². The molecule has 3 aromatic carbocycles. The first-order chi connectivity index (χ1) is 23.2. The van der Waals surface area contributed by atoms with Gasteiger partial charge in [-0.2, -0.15) is 13.2 Å².